The summed E-state index contributed by atoms with van der Waals surface area (Å²) in [5.74, 6) is 1.07. The molecule has 1 aromatic rings. The highest BCUT2D eigenvalue weighted by Crippen LogP contribution is 2.22. The van der Waals surface area contributed by atoms with Crippen molar-refractivity contribution in [2.24, 2.45) is 5.92 Å². The van der Waals surface area contributed by atoms with Crippen molar-refractivity contribution in [2.75, 3.05) is 46.1 Å². The molecule has 2 saturated heterocycles. The van der Waals surface area contributed by atoms with Crippen molar-refractivity contribution in [2.45, 2.75) is 19.4 Å². The fourth-order valence-electron chi connectivity index (χ4n) is 3.27. The molecule has 1 amide bonds. The van der Waals surface area contributed by atoms with Crippen molar-refractivity contribution in [1.82, 2.24) is 10.2 Å². The van der Waals surface area contributed by atoms with Gasteiger partial charge in [-0.3, -0.25) is 9.69 Å². The number of amides is 1. The topological polar surface area (TPSA) is 63.9 Å². The summed E-state index contributed by atoms with van der Waals surface area (Å²) in [5.41, 5.74) is 0.614. The van der Waals surface area contributed by atoms with Crippen LogP contribution in [0.25, 0.3) is 0 Å². The molecule has 0 aromatic carbocycles. The normalized spacial score (nSPS) is 24.3. The van der Waals surface area contributed by atoms with Crippen molar-refractivity contribution in [1.29, 1.82) is 0 Å². The number of morpholine rings is 1. The number of ether oxygens (including phenoxy) is 2. The Kier molecular flexibility index (Phi) is 5.12. The number of hydrogen-bond acceptors (Lipinski definition) is 5. The summed E-state index contributed by atoms with van der Waals surface area (Å²) in [6.45, 7) is 7.40. The first-order valence-electron chi connectivity index (χ1n) is 7.97. The predicted molar refractivity (Wildman–Crippen MR) is 80.9 cm³/mol. The summed E-state index contributed by atoms with van der Waals surface area (Å²) in [6, 6.07) is 2.02. The summed E-state index contributed by atoms with van der Waals surface area (Å²) >= 11 is 0. The molecule has 0 aliphatic carbocycles. The molecule has 6 heteroatoms. The molecule has 3 heterocycles. The van der Waals surface area contributed by atoms with Gasteiger partial charge >= 0.3 is 0 Å². The van der Waals surface area contributed by atoms with Crippen molar-refractivity contribution in [3.05, 3.63) is 23.7 Å². The van der Waals surface area contributed by atoms with Crippen LogP contribution in [0.3, 0.4) is 0 Å². The highest BCUT2D eigenvalue weighted by atomic mass is 16.5. The minimum atomic E-state index is -0.0663. The summed E-state index contributed by atoms with van der Waals surface area (Å²) in [7, 11) is 0. The molecule has 0 radical (unpaired) electrons. The minimum Gasteiger partial charge on any atom is -0.469 e. The van der Waals surface area contributed by atoms with Crippen molar-refractivity contribution in [3.63, 3.8) is 0 Å². The zero-order valence-electron chi connectivity index (χ0n) is 13.0. The summed E-state index contributed by atoms with van der Waals surface area (Å²) < 4.78 is 16.2. The van der Waals surface area contributed by atoms with E-state index in [0.29, 0.717) is 29.8 Å². The third-order valence-electron chi connectivity index (χ3n) is 4.60. The van der Waals surface area contributed by atoms with E-state index >= 15 is 0 Å². The number of nitrogens with one attached hydrogen (secondary N) is 1. The summed E-state index contributed by atoms with van der Waals surface area (Å²) in [4.78, 5) is 14.7. The van der Waals surface area contributed by atoms with Gasteiger partial charge in [-0.2, -0.15) is 0 Å². The number of rotatable bonds is 5. The van der Waals surface area contributed by atoms with Crippen LogP contribution >= 0.6 is 0 Å². The monoisotopic (exact) mass is 308 g/mol. The van der Waals surface area contributed by atoms with Crippen LogP contribution in [0.1, 0.15) is 22.5 Å². The van der Waals surface area contributed by atoms with Crippen LogP contribution in [0.5, 0.6) is 0 Å². The van der Waals surface area contributed by atoms with Gasteiger partial charge < -0.3 is 19.2 Å². The lowest BCUT2D eigenvalue weighted by Gasteiger charge is -2.37. The lowest BCUT2D eigenvalue weighted by Crippen LogP contribution is -2.52. The molecule has 22 heavy (non-hydrogen) atoms. The molecule has 0 bridgehead atoms. The second-order valence-electron chi connectivity index (χ2n) is 5.94. The Hall–Kier alpha value is -1.37. The number of nitrogens with zero attached hydrogens (tertiary/aromatic N) is 1. The average molecular weight is 308 g/mol. The van der Waals surface area contributed by atoms with Gasteiger partial charge in [-0.05, 0) is 19.4 Å². The van der Waals surface area contributed by atoms with Crippen molar-refractivity contribution < 1.29 is 18.7 Å². The maximum Gasteiger partial charge on any atom is 0.254 e. The zero-order valence-corrected chi connectivity index (χ0v) is 13.0. The SMILES string of the molecule is Cc1occc1C(=O)NCC(C1CCOC1)N1CCOCC1. The fourth-order valence-corrected chi connectivity index (χ4v) is 3.27. The van der Waals surface area contributed by atoms with Crippen LogP contribution in [-0.4, -0.2) is 62.9 Å². The van der Waals surface area contributed by atoms with Gasteiger partial charge in [-0.15, -0.1) is 0 Å². The fraction of sp³-hybridized carbons (Fsp3) is 0.688. The van der Waals surface area contributed by atoms with Crippen LogP contribution in [-0.2, 0) is 9.47 Å². The molecule has 2 aliphatic heterocycles. The minimum absolute atomic E-state index is 0.0663. The molecule has 122 valence electrons. The molecule has 2 atom stereocenters. The Labute approximate surface area is 130 Å². The van der Waals surface area contributed by atoms with Crippen LogP contribution in [0.15, 0.2) is 16.7 Å². The van der Waals surface area contributed by atoms with Gasteiger partial charge in [0.15, 0.2) is 0 Å². The molecule has 6 nitrogen and oxygen atoms in total. The largest absolute Gasteiger partial charge is 0.469 e. The Morgan fingerprint density at radius 3 is 2.82 bits per heavy atom. The van der Waals surface area contributed by atoms with E-state index in [2.05, 4.69) is 10.2 Å². The van der Waals surface area contributed by atoms with Crippen LogP contribution < -0.4 is 5.32 Å². The molecular weight excluding hydrogens is 284 g/mol. The average Bonchev–Trinajstić information content (AvgIpc) is 3.20. The van der Waals surface area contributed by atoms with Gasteiger partial charge in [0.1, 0.15) is 5.76 Å². The molecule has 3 rings (SSSR count). The quantitative estimate of drug-likeness (QED) is 0.881. The molecule has 0 spiro atoms. The second kappa shape index (κ2) is 7.26. The Balaban J connectivity index is 1.62. The van der Waals surface area contributed by atoms with Gasteiger partial charge in [0.05, 0.1) is 31.6 Å². The third-order valence-corrected chi connectivity index (χ3v) is 4.60. The van der Waals surface area contributed by atoms with E-state index in [1.165, 1.54) is 0 Å². The lowest BCUT2D eigenvalue weighted by atomic mass is 9.96. The maximum atomic E-state index is 12.3. The second-order valence-corrected chi connectivity index (χ2v) is 5.94. The zero-order chi connectivity index (χ0) is 15.4. The van der Waals surface area contributed by atoms with Gasteiger partial charge in [-0.25, -0.2) is 0 Å². The first-order valence-corrected chi connectivity index (χ1v) is 7.97. The number of aryl methyl sites for hydroxylation is 1. The van der Waals surface area contributed by atoms with Gasteiger partial charge in [0, 0.05) is 38.2 Å². The molecular formula is C16H24N2O4. The van der Waals surface area contributed by atoms with Gasteiger partial charge in [0.2, 0.25) is 0 Å². The Morgan fingerprint density at radius 2 is 2.18 bits per heavy atom. The van der Waals surface area contributed by atoms with E-state index < -0.39 is 0 Å². The Morgan fingerprint density at radius 1 is 1.36 bits per heavy atom. The maximum absolute atomic E-state index is 12.3. The number of furan rings is 1. The van der Waals surface area contributed by atoms with Crippen LogP contribution in [0, 0.1) is 12.8 Å². The van der Waals surface area contributed by atoms with E-state index in [1.54, 1.807) is 19.3 Å². The smallest absolute Gasteiger partial charge is 0.254 e. The van der Waals surface area contributed by atoms with Crippen LogP contribution in [0.2, 0.25) is 0 Å². The van der Waals surface area contributed by atoms with Gasteiger partial charge in [0.25, 0.3) is 5.91 Å². The number of carbonyl (C=O) groups excluding carboxylic acids is 1. The molecule has 2 fully saturated rings. The van der Waals surface area contributed by atoms with E-state index in [-0.39, 0.29) is 5.91 Å². The van der Waals surface area contributed by atoms with Crippen LogP contribution in [0.4, 0.5) is 0 Å². The molecule has 0 saturated carbocycles. The lowest BCUT2D eigenvalue weighted by molar-refractivity contribution is 0.00166. The van der Waals surface area contributed by atoms with E-state index in [1.807, 2.05) is 0 Å². The summed E-state index contributed by atoms with van der Waals surface area (Å²) in [6.07, 6.45) is 2.61. The van der Waals surface area contributed by atoms with E-state index in [0.717, 1.165) is 45.9 Å². The number of hydrogen-bond donors (Lipinski definition) is 1. The standard InChI is InChI=1S/C16H24N2O4/c1-12-14(3-7-22-12)16(19)17-10-15(13-2-6-21-11-13)18-4-8-20-9-5-18/h3,7,13,15H,2,4-6,8-11H2,1H3,(H,17,19). The third kappa shape index (κ3) is 3.51. The molecule has 1 aromatic heterocycles. The first kappa shape index (κ1) is 15.5. The van der Waals surface area contributed by atoms with Gasteiger partial charge in [-0.1, -0.05) is 0 Å². The molecule has 1 N–H and O–H groups in total. The summed E-state index contributed by atoms with van der Waals surface area (Å²) in [5, 5.41) is 3.06. The number of carbonyl (C=O) groups is 1. The molecule has 2 aliphatic rings. The highest BCUT2D eigenvalue weighted by Gasteiger charge is 2.31. The predicted octanol–water partition coefficient (Wildman–Crippen LogP) is 1.06. The first-order chi connectivity index (χ1) is 10.8. The van der Waals surface area contributed by atoms with Crippen molar-refractivity contribution in [3.8, 4) is 0 Å². The Bertz CT molecular complexity index is 490. The highest BCUT2D eigenvalue weighted by molar-refractivity contribution is 5.95. The van der Waals surface area contributed by atoms with E-state index in [4.69, 9.17) is 13.9 Å². The molecule has 2 unspecified atom stereocenters. The van der Waals surface area contributed by atoms with Crippen molar-refractivity contribution >= 4 is 5.91 Å². The van der Waals surface area contributed by atoms with E-state index in [9.17, 15) is 4.79 Å².